The predicted molar refractivity (Wildman–Crippen MR) is 82.9 cm³/mol. The summed E-state index contributed by atoms with van der Waals surface area (Å²) in [6, 6.07) is 5.79. The molecule has 2 heterocycles. The van der Waals surface area contributed by atoms with E-state index in [1.807, 2.05) is 50.3 Å². The average molecular weight is 283 g/mol. The van der Waals surface area contributed by atoms with E-state index in [9.17, 15) is 0 Å². The molecule has 7 heteroatoms. The monoisotopic (exact) mass is 283 g/mol. The van der Waals surface area contributed by atoms with Gasteiger partial charge >= 0.3 is 0 Å². The van der Waals surface area contributed by atoms with E-state index in [1.165, 1.54) is 0 Å². The summed E-state index contributed by atoms with van der Waals surface area (Å²) in [6.07, 6.45) is 1.81. The molecule has 0 fully saturated rings. The minimum absolute atomic E-state index is 0.563. The molecule has 0 radical (unpaired) electrons. The second-order valence-corrected chi connectivity index (χ2v) is 5.11. The van der Waals surface area contributed by atoms with Crippen molar-refractivity contribution in [3.05, 3.63) is 30.0 Å². The molecular weight excluding hydrogens is 266 g/mol. The number of aryl methyl sites for hydroxylation is 2. The van der Waals surface area contributed by atoms with Crippen molar-refractivity contribution in [2.45, 2.75) is 6.92 Å². The van der Waals surface area contributed by atoms with Gasteiger partial charge < -0.3 is 10.2 Å². The Morgan fingerprint density at radius 2 is 1.90 bits per heavy atom. The van der Waals surface area contributed by atoms with E-state index < -0.39 is 0 Å². The Morgan fingerprint density at radius 3 is 2.67 bits per heavy atom. The highest BCUT2D eigenvalue weighted by molar-refractivity contribution is 5.79. The van der Waals surface area contributed by atoms with Gasteiger partial charge in [-0.25, -0.2) is 4.98 Å². The summed E-state index contributed by atoms with van der Waals surface area (Å²) in [5.41, 5.74) is 3.62. The minimum Gasteiger partial charge on any atom is -0.362 e. The fraction of sp³-hybridized carbons (Fsp3) is 0.286. The van der Waals surface area contributed by atoms with Crippen molar-refractivity contribution >= 4 is 28.5 Å². The normalized spacial score (nSPS) is 10.9. The predicted octanol–water partition coefficient (Wildman–Crippen LogP) is 1.88. The summed E-state index contributed by atoms with van der Waals surface area (Å²) in [5.74, 6) is 1.46. The maximum atomic E-state index is 4.51. The van der Waals surface area contributed by atoms with Gasteiger partial charge in [0, 0.05) is 38.6 Å². The van der Waals surface area contributed by atoms with E-state index >= 15 is 0 Å². The highest BCUT2D eigenvalue weighted by Gasteiger charge is 2.07. The second kappa shape index (κ2) is 5.01. The van der Waals surface area contributed by atoms with Crippen molar-refractivity contribution in [2.24, 2.45) is 7.05 Å². The number of aromatic nitrogens is 5. The van der Waals surface area contributed by atoms with Crippen LogP contribution in [-0.2, 0) is 7.05 Å². The Balaban J connectivity index is 1.92. The van der Waals surface area contributed by atoms with E-state index in [1.54, 1.807) is 11.8 Å². The lowest BCUT2D eigenvalue weighted by molar-refractivity contribution is 0.665. The van der Waals surface area contributed by atoms with Crippen molar-refractivity contribution < 1.29 is 0 Å². The number of anilines is 3. The fourth-order valence-corrected chi connectivity index (χ4v) is 2.18. The molecule has 0 aliphatic rings. The van der Waals surface area contributed by atoms with Gasteiger partial charge in [-0.05, 0) is 25.1 Å². The first-order chi connectivity index (χ1) is 10.0. The summed E-state index contributed by atoms with van der Waals surface area (Å²) >= 11 is 0. The third-order valence-corrected chi connectivity index (χ3v) is 3.11. The number of nitrogens with zero attached hydrogens (tertiary/aromatic N) is 6. The van der Waals surface area contributed by atoms with E-state index in [2.05, 4.69) is 25.5 Å². The lowest BCUT2D eigenvalue weighted by Crippen LogP contribution is -2.13. The standard InChI is InChI=1S/C14H17N7/c1-9-8-15-14(17-13(9)20(2)3)16-10-5-6-11-12(7-10)19-21(4)18-11/h5-8H,1-4H3,(H,15,16,17). The summed E-state index contributed by atoms with van der Waals surface area (Å²) in [4.78, 5) is 12.3. The SMILES string of the molecule is Cc1cnc(Nc2ccc3nn(C)nc3c2)nc1N(C)C. The average Bonchev–Trinajstić information content (AvgIpc) is 2.80. The third-order valence-electron chi connectivity index (χ3n) is 3.11. The number of hydrogen-bond donors (Lipinski definition) is 1. The lowest BCUT2D eigenvalue weighted by atomic mass is 10.3. The van der Waals surface area contributed by atoms with Gasteiger partial charge in [-0.1, -0.05) is 0 Å². The van der Waals surface area contributed by atoms with Crippen LogP contribution >= 0.6 is 0 Å². The highest BCUT2D eigenvalue weighted by Crippen LogP contribution is 2.20. The zero-order valence-electron chi connectivity index (χ0n) is 12.5. The van der Waals surface area contributed by atoms with E-state index in [0.29, 0.717) is 5.95 Å². The summed E-state index contributed by atoms with van der Waals surface area (Å²) in [7, 11) is 5.73. The Hall–Kier alpha value is -2.70. The molecule has 0 aliphatic carbocycles. The van der Waals surface area contributed by atoms with Gasteiger partial charge in [0.25, 0.3) is 0 Å². The van der Waals surface area contributed by atoms with Crippen molar-refractivity contribution in [1.82, 2.24) is 25.0 Å². The molecule has 0 atom stereocenters. The van der Waals surface area contributed by atoms with Gasteiger partial charge in [0.15, 0.2) is 0 Å². The third kappa shape index (κ3) is 2.62. The van der Waals surface area contributed by atoms with Gasteiger partial charge in [-0.15, -0.1) is 0 Å². The first-order valence-electron chi connectivity index (χ1n) is 6.62. The molecule has 1 N–H and O–H groups in total. The largest absolute Gasteiger partial charge is 0.362 e. The molecule has 0 saturated heterocycles. The first-order valence-corrected chi connectivity index (χ1v) is 6.62. The molecule has 0 spiro atoms. The number of fused-ring (bicyclic) bond motifs is 1. The zero-order chi connectivity index (χ0) is 15.0. The highest BCUT2D eigenvalue weighted by atomic mass is 15.4. The first kappa shape index (κ1) is 13.3. The van der Waals surface area contributed by atoms with Gasteiger partial charge in [-0.2, -0.15) is 20.0 Å². The quantitative estimate of drug-likeness (QED) is 0.791. The number of rotatable bonds is 3. The Morgan fingerprint density at radius 1 is 1.14 bits per heavy atom. The molecule has 0 saturated carbocycles. The molecule has 21 heavy (non-hydrogen) atoms. The van der Waals surface area contributed by atoms with Crippen molar-refractivity contribution in [2.75, 3.05) is 24.3 Å². The number of hydrogen-bond acceptors (Lipinski definition) is 6. The molecule has 108 valence electrons. The van der Waals surface area contributed by atoms with Crippen LogP contribution in [0, 0.1) is 6.92 Å². The van der Waals surface area contributed by atoms with E-state index in [4.69, 9.17) is 0 Å². The molecule has 0 aliphatic heterocycles. The van der Waals surface area contributed by atoms with Crippen LogP contribution in [0.2, 0.25) is 0 Å². The molecule has 0 amide bonds. The molecule has 2 aromatic heterocycles. The smallest absolute Gasteiger partial charge is 0.229 e. The summed E-state index contributed by atoms with van der Waals surface area (Å²) in [6.45, 7) is 1.99. The van der Waals surface area contributed by atoms with Crippen LogP contribution in [0.5, 0.6) is 0 Å². The van der Waals surface area contributed by atoms with Crippen LogP contribution < -0.4 is 10.2 Å². The fourth-order valence-electron chi connectivity index (χ4n) is 2.18. The van der Waals surface area contributed by atoms with Crippen molar-refractivity contribution in [3.63, 3.8) is 0 Å². The molecule has 7 nitrogen and oxygen atoms in total. The van der Waals surface area contributed by atoms with Gasteiger partial charge in [0.1, 0.15) is 16.9 Å². The molecular formula is C14H17N7. The topological polar surface area (TPSA) is 71.8 Å². The minimum atomic E-state index is 0.563. The maximum absolute atomic E-state index is 4.51. The Kier molecular flexibility index (Phi) is 3.17. The number of benzene rings is 1. The van der Waals surface area contributed by atoms with E-state index in [-0.39, 0.29) is 0 Å². The number of nitrogens with one attached hydrogen (secondary N) is 1. The van der Waals surface area contributed by atoms with E-state index in [0.717, 1.165) is 28.1 Å². The van der Waals surface area contributed by atoms with Crippen LogP contribution in [0.4, 0.5) is 17.5 Å². The molecule has 3 rings (SSSR count). The van der Waals surface area contributed by atoms with Crippen LogP contribution in [0.1, 0.15) is 5.56 Å². The summed E-state index contributed by atoms with van der Waals surface area (Å²) in [5, 5.41) is 11.7. The van der Waals surface area contributed by atoms with Crippen molar-refractivity contribution in [3.8, 4) is 0 Å². The zero-order valence-corrected chi connectivity index (χ0v) is 12.5. The Labute approximate surface area is 122 Å². The van der Waals surface area contributed by atoms with Gasteiger partial charge in [0.2, 0.25) is 5.95 Å². The van der Waals surface area contributed by atoms with Gasteiger partial charge in [-0.3, -0.25) is 0 Å². The van der Waals surface area contributed by atoms with Crippen molar-refractivity contribution in [1.29, 1.82) is 0 Å². The maximum Gasteiger partial charge on any atom is 0.229 e. The molecule has 1 aromatic carbocycles. The molecule has 0 bridgehead atoms. The second-order valence-electron chi connectivity index (χ2n) is 5.11. The van der Waals surface area contributed by atoms with Crippen LogP contribution in [0.15, 0.2) is 24.4 Å². The Bertz CT molecular complexity index is 791. The van der Waals surface area contributed by atoms with Gasteiger partial charge in [0.05, 0.1) is 0 Å². The molecule has 3 aromatic rings. The molecule has 0 unspecified atom stereocenters. The lowest BCUT2D eigenvalue weighted by Gasteiger charge is -2.15. The van der Waals surface area contributed by atoms with Crippen LogP contribution in [0.25, 0.3) is 11.0 Å². The van der Waals surface area contributed by atoms with Crippen LogP contribution in [-0.4, -0.2) is 39.1 Å². The van der Waals surface area contributed by atoms with Crippen LogP contribution in [0.3, 0.4) is 0 Å². The summed E-state index contributed by atoms with van der Waals surface area (Å²) < 4.78 is 0.